The van der Waals surface area contributed by atoms with Crippen molar-refractivity contribution in [2.75, 3.05) is 12.8 Å². The van der Waals surface area contributed by atoms with E-state index in [-0.39, 0.29) is 18.0 Å². The van der Waals surface area contributed by atoms with Gasteiger partial charge in [0.25, 0.3) is 0 Å². The summed E-state index contributed by atoms with van der Waals surface area (Å²) in [4.78, 5) is 11.5. The van der Waals surface area contributed by atoms with Crippen molar-refractivity contribution in [1.82, 2.24) is 24.7 Å². The number of hydrogen-bond acceptors (Lipinski definition) is 7. The quantitative estimate of drug-likeness (QED) is 0.817. The number of nitrogens with two attached hydrogens (primary N) is 1. The second-order valence-electron chi connectivity index (χ2n) is 3.31. The summed E-state index contributed by atoms with van der Waals surface area (Å²) in [5.74, 6) is 0.542. The Kier molecular flexibility index (Phi) is 2.77. The summed E-state index contributed by atoms with van der Waals surface area (Å²) in [7, 11) is 3.19. The van der Waals surface area contributed by atoms with Crippen molar-refractivity contribution in [2.24, 2.45) is 7.05 Å². The molecular weight excluding hydrogens is 224 g/mol. The average molecular weight is 236 g/mol. The molecule has 2 rings (SSSR count). The van der Waals surface area contributed by atoms with Gasteiger partial charge >= 0.3 is 12.0 Å². The van der Waals surface area contributed by atoms with E-state index in [9.17, 15) is 0 Å². The summed E-state index contributed by atoms with van der Waals surface area (Å²) in [6, 6.07) is 1.93. The number of methoxy groups -OCH3 is 1. The van der Waals surface area contributed by atoms with Gasteiger partial charge in [0.15, 0.2) is 0 Å². The summed E-state index contributed by atoms with van der Waals surface area (Å²) < 4.78 is 11.9. The molecule has 2 N–H and O–H groups in total. The van der Waals surface area contributed by atoms with Crippen molar-refractivity contribution in [3.63, 3.8) is 0 Å². The molecule has 0 radical (unpaired) electrons. The molecule has 0 aliphatic heterocycles. The molecule has 0 fully saturated rings. The molecule has 8 heteroatoms. The average Bonchev–Trinajstić information content (AvgIpc) is 2.56. The lowest BCUT2D eigenvalue weighted by molar-refractivity contribution is 0.351. The fourth-order valence-electron chi connectivity index (χ4n) is 1.27. The number of rotatable bonds is 3. The van der Waals surface area contributed by atoms with Crippen LogP contribution in [0.1, 0.15) is 5.69 Å². The first-order valence-electron chi connectivity index (χ1n) is 4.82. The Balaban J connectivity index is 2.29. The Bertz CT molecular complexity index is 538. The van der Waals surface area contributed by atoms with Crippen molar-refractivity contribution in [3.8, 4) is 17.9 Å². The summed E-state index contributed by atoms with van der Waals surface area (Å²) in [5.41, 5.74) is 6.32. The van der Waals surface area contributed by atoms with Gasteiger partial charge in [-0.25, -0.2) is 4.68 Å². The largest absolute Gasteiger partial charge is 0.467 e. The van der Waals surface area contributed by atoms with Crippen LogP contribution in [0.5, 0.6) is 17.9 Å². The maximum atomic E-state index is 5.49. The number of hydrogen-bond donors (Lipinski definition) is 1. The number of aromatic nitrogens is 5. The molecule has 0 unspecified atom stereocenters. The number of ether oxygens (including phenoxy) is 2. The van der Waals surface area contributed by atoms with Crippen LogP contribution in [-0.2, 0) is 7.05 Å². The number of nitrogens with zero attached hydrogens (tertiary/aromatic N) is 5. The smallest absolute Gasteiger partial charge is 0.331 e. The van der Waals surface area contributed by atoms with E-state index in [1.54, 1.807) is 17.8 Å². The van der Waals surface area contributed by atoms with Gasteiger partial charge in [0.1, 0.15) is 0 Å². The van der Waals surface area contributed by atoms with E-state index >= 15 is 0 Å². The highest BCUT2D eigenvalue weighted by Crippen LogP contribution is 2.19. The van der Waals surface area contributed by atoms with Crippen LogP contribution >= 0.6 is 0 Å². The summed E-state index contributed by atoms with van der Waals surface area (Å²) >= 11 is 0. The van der Waals surface area contributed by atoms with Crippen LogP contribution in [0.25, 0.3) is 0 Å². The van der Waals surface area contributed by atoms with Crippen LogP contribution in [-0.4, -0.2) is 31.8 Å². The molecule has 0 aromatic carbocycles. The lowest BCUT2D eigenvalue weighted by Gasteiger charge is -2.04. The minimum absolute atomic E-state index is 0.0331. The van der Waals surface area contributed by atoms with Crippen LogP contribution in [0.2, 0.25) is 0 Å². The maximum absolute atomic E-state index is 5.49. The van der Waals surface area contributed by atoms with Gasteiger partial charge in [-0.2, -0.15) is 15.1 Å². The maximum Gasteiger partial charge on any atom is 0.331 e. The summed E-state index contributed by atoms with van der Waals surface area (Å²) in [6.45, 7) is 1.86. The van der Waals surface area contributed by atoms with Crippen LogP contribution < -0.4 is 15.2 Å². The Morgan fingerprint density at radius 3 is 2.53 bits per heavy atom. The third kappa shape index (κ3) is 2.41. The van der Waals surface area contributed by atoms with E-state index in [0.717, 1.165) is 5.69 Å². The fraction of sp³-hybridized carbons (Fsp3) is 0.333. The molecule has 0 amide bonds. The van der Waals surface area contributed by atoms with Crippen molar-refractivity contribution < 1.29 is 9.47 Å². The topological polar surface area (TPSA) is 101 Å². The Labute approximate surface area is 97.4 Å². The molecule has 0 aliphatic carbocycles. The lowest BCUT2D eigenvalue weighted by Crippen LogP contribution is -2.04. The van der Waals surface area contributed by atoms with Gasteiger partial charge < -0.3 is 15.2 Å². The van der Waals surface area contributed by atoms with Gasteiger partial charge in [-0.1, -0.05) is 0 Å². The second kappa shape index (κ2) is 4.24. The van der Waals surface area contributed by atoms with E-state index in [2.05, 4.69) is 20.1 Å². The Morgan fingerprint density at radius 1 is 1.24 bits per heavy atom. The van der Waals surface area contributed by atoms with Crippen molar-refractivity contribution in [3.05, 3.63) is 11.8 Å². The Hall–Kier alpha value is -2.38. The van der Waals surface area contributed by atoms with E-state index in [1.807, 2.05) is 6.92 Å². The normalized spacial score (nSPS) is 10.3. The zero-order valence-electron chi connectivity index (χ0n) is 9.71. The summed E-state index contributed by atoms with van der Waals surface area (Å²) in [6.07, 6.45) is 0. The van der Waals surface area contributed by atoms with Gasteiger partial charge in [0.2, 0.25) is 11.8 Å². The van der Waals surface area contributed by atoms with E-state index in [0.29, 0.717) is 5.88 Å². The van der Waals surface area contributed by atoms with Crippen molar-refractivity contribution in [2.45, 2.75) is 6.92 Å². The highest BCUT2D eigenvalue weighted by Gasteiger charge is 2.10. The minimum atomic E-state index is 0.0331. The first kappa shape index (κ1) is 11.1. The summed E-state index contributed by atoms with van der Waals surface area (Å²) in [5, 5.41) is 4.13. The first-order valence-corrected chi connectivity index (χ1v) is 4.82. The van der Waals surface area contributed by atoms with Gasteiger partial charge in [-0.05, 0) is 6.92 Å². The molecule has 2 aromatic heterocycles. The van der Waals surface area contributed by atoms with Crippen LogP contribution in [0, 0.1) is 6.92 Å². The fourth-order valence-corrected chi connectivity index (χ4v) is 1.27. The number of anilines is 1. The number of aryl methyl sites for hydroxylation is 2. The highest BCUT2D eigenvalue weighted by atomic mass is 16.5. The molecule has 0 saturated carbocycles. The predicted octanol–water partition coefficient (Wildman–Crippen LogP) is 0.297. The molecule has 0 saturated heterocycles. The van der Waals surface area contributed by atoms with Gasteiger partial charge in [0, 0.05) is 13.1 Å². The van der Waals surface area contributed by atoms with Gasteiger partial charge in [0.05, 0.1) is 12.8 Å². The Morgan fingerprint density at radius 2 is 1.94 bits per heavy atom. The first-order chi connectivity index (χ1) is 8.08. The zero-order chi connectivity index (χ0) is 12.4. The third-order valence-electron chi connectivity index (χ3n) is 1.95. The molecule has 0 spiro atoms. The SMILES string of the molecule is COc1nc(N)nc(Oc2cc(C)nn2C)n1. The monoisotopic (exact) mass is 236 g/mol. The molecule has 8 nitrogen and oxygen atoms in total. The van der Waals surface area contributed by atoms with Gasteiger partial charge in [-0.3, -0.25) is 0 Å². The van der Waals surface area contributed by atoms with E-state index in [4.69, 9.17) is 15.2 Å². The zero-order valence-corrected chi connectivity index (χ0v) is 9.71. The molecule has 17 heavy (non-hydrogen) atoms. The molecule has 0 atom stereocenters. The van der Waals surface area contributed by atoms with Crippen molar-refractivity contribution >= 4 is 5.95 Å². The minimum Gasteiger partial charge on any atom is -0.467 e. The second-order valence-corrected chi connectivity index (χ2v) is 3.31. The molecule has 0 aliphatic rings. The molecule has 2 heterocycles. The van der Waals surface area contributed by atoms with Crippen LogP contribution in [0.3, 0.4) is 0 Å². The highest BCUT2D eigenvalue weighted by molar-refractivity contribution is 5.24. The van der Waals surface area contributed by atoms with Gasteiger partial charge in [-0.15, -0.1) is 4.98 Å². The van der Waals surface area contributed by atoms with E-state index in [1.165, 1.54) is 7.11 Å². The molecule has 90 valence electrons. The molecular formula is C9H12N6O2. The van der Waals surface area contributed by atoms with Crippen molar-refractivity contribution in [1.29, 1.82) is 0 Å². The van der Waals surface area contributed by atoms with Crippen LogP contribution in [0.15, 0.2) is 6.07 Å². The molecule has 2 aromatic rings. The lowest BCUT2D eigenvalue weighted by atomic mass is 10.5. The number of nitrogen functional groups attached to an aromatic ring is 1. The van der Waals surface area contributed by atoms with Crippen LogP contribution in [0.4, 0.5) is 5.95 Å². The molecule has 0 bridgehead atoms. The third-order valence-corrected chi connectivity index (χ3v) is 1.95. The predicted molar refractivity (Wildman–Crippen MR) is 58.8 cm³/mol. The standard InChI is InChI=1S/C9H12N6O2/c1-5-4-6(15(2)14-5)17-9-12-7(10)11-8(13-9)16-3/h4H,1-3H3,(H2,10,11,12,13). The van der Waals surface area contributed by atoms with E-state index < -0.39 is 0 Å².